The molecule has 0 aromatic carbocycles. The Hall–Kier alpha value is -0.940. The summed E-state index contributed by atoms with van der Waals surface area (Å²) in [4.78, 5) is 3.90. The van der Waals surface area contributed by atoms with E-state index < -0.39 is 0 Å². The summed E-state index contributed by atoms with van der Waals surface area (Å²) in [6.45, 7) is 7.10. The average molecular weight is 199 g/mol. The van der Waals surface area contributed by atoms with E-state index in [-0.39, 0.29) is 12.2 Å². The van der Waals surface area contributed by atoms with Gasteiger partial charge in [-0.1, -0.05) is 0 Å². The third-order valence-electron chi connectivity index (χ3n) is 1.68. The number of hydrogen-bond donors (Lipinski definition) is 1. The molecule has 1 heterocycles. The van der Waals surface area contributed by atoms with Crippen molar-refractivity contribution < 1.29 is 9.84 Å². The summed E-state index contributed by atoms with van der Waals surface area (Å²) in [5.41, 5.74) is -0.139. The summed E-state index contributed by atoms with van der Waals surface area (Å²) in [6, 6.07) is 0. The van der Waals surface area contributed by atoms with E-state index in [1.54, 1.807) is 4.68 Å². The van der Waals surface area contributed by atoms with Crippen molar-refractivity contribution in [2.24, 2.45) is 0 Å². The maximum atomic E-state index is 8.90. The second-order valence-corrected chi connectivity index (χ2v) is 4.02. The zero-order valence-corrected chi connectivity index (χ0v) is 8.90. The van der Waals surface area contributed by atoms with Crippen LogP contribution in [-0.2, 0) is 17.9 Å². The quantitative estimate of drug-likeness (QED) is 0.770. The zero-order valence-electron chi connectivity index (χ0n) is 8.90. The Bertz CT molecular complexity index is 278. The Morgan fingerprint density at radius 2 is 2.21 bits per heavy atom. The first kappa shape index (κ1) is 11.1. The molecule has 14 heavy (non-hydrogen) atoms. The first-order valence-corrected chi connectivity index (χ1v) is 4.64. The third kappa shape index (κ3) is 3.43. The molecule has 0 amide bonds. The highest BCUT2D eigenvalue weighted by Crippen LogP contribution is 2.06. The van der Waals surface area contributed by atoms with E-state index in [1.807, 2.05) is 20.8 Å². The molecule has 0 unspecified atom stereocenters. The highest BCUT2D eigenvalue weighted by Gasteiger charge is 2.10. The van der Waals surface area contributed by atoms with Crippen LogP contribution in [0.15, 0.2) is 6.33 Å². The lowest BCUT2D eigenvalue weighted by Crippen LogP contribution is -2.22. The molecule has 5 nitrogen and oxygen atoms in total. The molecule has 0 aliphatic carbocycles. The summed E-state index contributed by atoms with van der Waals surface area (Å²) in [5.74, 6) is 0.572. The van der Waals surface area contributed by atoms with E-state index in [4.69, 9.17) is 9.84 Å². The molecule has 0 saturated heterocycles. The molecule has 0 aliphatic rings. The van der Waals surface area contributed by atoms with Crippen molar-refractivity contribution in [1.29, 1.82) is 0 Å². The Morgan fingerprint density at radius 3 is 2.79 bits per heavy atom. The first-order chi connectivity index (χ1) is 6.53. The summed E-state index contributed by atoms with van der Waals surface area (Å²) >= 11 is 0. The van der Waals surface area contributed by atoms with Crippen molar-refractivity contribution in [3.05, 3.63) is 12.2 Å². The molecule has 0 fully saturated rings. The van der Waals surface area contributed by atoms with Crippen LogP contribution in [0.4, 0.5) is 0 Å². The van der Waals surface area contributed by atoms with Gasteiger partial charge >= 0.3 is 0 Å². The van der Waals surface area contributed by atoms with Crippen molar-refractivity contribution in [1.82, 2.24) is 14.8 Å². The van der Waals surface area contributed by atoms with Crippen LogP contribution in [0.3, 0.4) is 0 Å². The molecule has 0 aliphatic heterocycles. The van der Waals surface area contributed by atoms with Gasteiger partial charge in [0.25, 0.3) is 0 Å². The first-order valence-electron chi connectivity index (χ1n) is 4.64. The highest BCUT2D eigenvalue weighted by molar-refractivity contribution is 4.80. The van der Waals surface area contributed by atoms with Crippen LogP contribution in [0.1, 0.15) is 26.6 Å². The maximum absolute atomic E-state index is 8.90. The molecule has 1 rings (SSSR count). The molecular weight excluding hydrogens is 182 g/mol. The van der Waals surface area contributed by atoms with Crippen molar-refractivity contribution in [3.63, 3.8) is 0 Å². The number of aromatic nitrogens is 3. The van der Waals surface area contributed by atoms with Gasteiger partial charge in [-0.2, -0.15) is 5.10 Å². The van der Waals surface area contributed by atoms with Crippen LogP contribution < -0.4 is 0 Å². The van der Waals surface area contributed by atoms with Crippen LogP contribution in [-0.4, -0.2) is 32.1 Å². The van der Waals surface area contributed by atoms with Crippen molar-refractivity contribution >= 4 is 0 Å². The lowest BCUT2D eigenvalue weighted by molar-refractivity contribution is -0.00847. The predicted octanol–water partition coefficient (Wildman–Crippen LogP) is 0.586. The minimum Gasteiger partial charge on any atom is -0.388 e. The fourth-order valence-corrected chi connectivity index (χ4v) is 1.04. The fourth-order valence-electron chi connectivity index (χ4n) is 1.04. The molecule has 0 bridgehead atoms. The highest BCUT2D eigenvalue weighted by atomic mass is 16.5. The van der Waals surface area contributed by atoms with E-state index in [1.165, 1.54) is 6.33 Å². The number of aliphatic hydroxyl groups excluding tert-OH is 1. The minimum absolute atomic E-state index is 0.0878. The second kappa shape index (κ2) is 4.52. The van der Waals surface area contributed by atoms with Gasteiger partial charge in [0.05, 0.1) is 18.8 Å². The number of ether oxygens (including phenoxy) is 1. The Morgan fingerprint density at radius 1 is 1.50 bits per heavy atom. The Balaban J connectivity index is 2.38. The van der Waals surface area contributed by atoms with Gasteiger partial charge in [-0.05, 0) is 20.8 Å². The predicted molar refractivity (Wildman–Crippen MR) is 51.6 cm³/mol. The number of aliphatic hydroxyl groups is 1. The van der Waals surface area contributed by atoms with Crippen molar-refractivity contribution in [3.8, 4) is 0 Å². The maximum Gasteiger partial charge on any atom is 0.152 e. The molecular formula is C9H17N3O2. The summed E-state index contributed by atoms with van der Waals surface area (Å²) < 4.78 is 7.18. The molecule has 0 atom stereocenters. The van der Waals surface area contributed by atoms with Gasteiger partial charge in [0.1, 0.15) is 12.9 Å². The average Bonchev–Trinajstić information content (AvgIpc) is 2.49. The minimum atomic E-state index is -0.139. The fraction of sp³-hybridized carbons (Fsp3) is 0.778. The van der Waals surface area contributed by atoms with Crippen molar-refractivity contribution in [2.75, 3.05) is 6.61 Å². The van der Waals surface area contributed by atoms with E-state index >= 15 is 0 Å². The van der Waals surface area contributed by atoms with Gasteiger partial charge in [0.2, 0.25) is 0 Å². The van der Waals surface area contributed by atoms with Gasteiger partial charge in [0, 0.05) is 0 Å². The van der Waals surface area contributed by atoms with E-state index in [0.717, 1.165) is 0 Å². The van der Waals surface area contributed by atoms with Gasteiger partial charge in [0.15, 0.2) is 5.82 Å². The lowest BCUT2D eigenvalue weighted by Gasteiger charge is -2.19. The lowest BCUT2D eigenvalue weighted by atomic mass is 10.2. The van der Waals surface area contributed by atoms with Gasteiger partial charge in [-0.25, -0.2) is 9.67 Å². The molecule has 0 radical (unpaired) electrons. The number of nitrogens with zero attached hydrogens (tertiary/aromatic N) is 3. The van der Waals surface area contributed by atoms with Gasteiger partial charge in [-0.3, -0.25) is 0 Å². The SMILES string of the molecule is CC(C)(C)OCCn1ncnc1CO. The summed E-state index contributed by atoms with van der Waals surface area (Å²) in [5, 5.41) is 12.9. The van der Waals surface area contributed by atoms with E-state index in [9.17, 15) is 0 Å². The molecule has 0 saturated carbocycles. The van der Waals surface area contributed by atoms with Crippen LogP contribution in [0.2, 0.25) is 0 Å². The van der Waals surface area contributed by atoms with Crippen LogP contribution in [0, 0.1) is 0 Å². The molecule has 1 aromatic heterocycles. The smallest absolute Gasteiger partial charge is 0.152 e. The monoisotopic (exact) mass is 199 g/mol. The van der Waals surface area contributed by atoms with Gasteiger partial charge in [-0.15, -0.1) is 0 Å². The molecule has 80 valence electrons. The largest absolute Gasteiger partial charge is 0.388 e. The van der Waals surface area contributed by atoms with Gasteiger partial charge < -0.3 is 9.84 Å². The normalized spacial score (nSPS) is 12.0. The molecule has 1 N–H and O–H groups in total. The van der Waals surface area contributed by atoms with E-state index in [2.05, 4.69) is 10.1 Å². The summed E-state index contributed by atoms with van der Waals surface area (Å²) in [7, 11) is 0. The Kier molecular flexibility index (Phi) is 3.60. The van der Waals surface area contributed by atoms with Crippen molar-refractivity contribution in [2.45, 2.75) is 39.5 Å². The molecule has 0 spiro atoms. The zero-order chi connectivity index (χ0) is 10.6. The van der Waals surface area contributed by atoms with E-state index in [0.29, 0.717) is 19.0 Å². The van der Waals surface area contributed by atoms with Crippen LogP contribution >= 0.6 is 0 Å². The third-order valence-corrected chi connectivity index (χ3v) is 1.68. The standard InChI is InChI=1S/C9H17N3O2/c1-9(2,3)14-5-4-12-8(6-13)10-7-11-12/h7,13H,4-6H2,1-3H3. The topological polar surface area (TPSA) is 60.2 Å². The molecule has 5 heteroatoms. The van der Waals surface area contributed by atoms with Crippen LogP contribution in [0.5, 0.6) is 0 Å². The van der Waals surface area contributed by atoms with Crippen LogP contribution in [0.25, 0.3) is 0 Å². The molecule has 1 aromatic rings. The second-order valence-electron chi connectivity index (χ2n) is 4.02. The number of hydrogen-bond acceptors (Lipinski definition) is 4. The summed E-state index contributed by atoms with van der Waals surface area (Å²) in [6.07, 6.45) is 1.43. The Labute approximate surface area is 83.7 Å². The number of rotatable bonds is 4.